The van der Waals surface area contributed by atoms with Crippen LogP contribution in [0.15, 0.2) is 36.4 Å². The third-order valence-electron chi connectivity index (χ3n) is 1.34. The number of hydrogen-bond acceptors (Lipinski definition) is 1. The Kier molecular flexibility index (Phi) is 4.05. The number of benzene rings is 1. The molecule has 0 aliphatic heterocycles. The van der Waals surface area contributed by atoms with E-state index >= 15 is 0 Å². The minimum atomic E-state index is -1.25. The molecule has 0 bridgehead atoms. The molecule has 64 valence electrons. The van der Waals surface area contributed by atoms with Crippen LogP contribution in [0.4, 0.5) is 0 Å². The molecule has 1 aromatic carbocycles. The zero-order valence-electron chi connectivity index (χ0n) is 6.44. The molecule has 1 unspecified atom stereocenters. The number of halogens is 1. The SMILES string of the molecule is O=S(Cl)C/C=C/c1ccccc1. The smallest absolute Gasteiger partial charge is 0.118 e. The molecule has 0 aliphatic rings. The Morgan fingerprint density at radius 1 is 1.33 bits per heavy atom. The lowest BCUT2D eigenvalue weighted by Gasteiger charge is -1.89. The molecule has 1 aromatic rings. The van der Waals surface area contributed by atoms with E-state index in [1.54, 1.807) is 6.08 Å². The van der Waals surface area contributed by atoms with Crippen LogP contribution in [0.5, 0.6) is 0 Å². The van der Waals surface area contributed by atoms with Crippen molar-refractivity contribution in [2.75, 3.05) is 5.75 Å². The average Bonchev–Trinajstić information content (AvgIpc) is 2.05. The topological polar surface area (TPSA) is 17.1 Å². The van der Waals surface area contributed by atoms with E-state index in [9.17, 15) is 4.21 Å². The maximum atomic E-state index is 10.5. The second-order valence-corrected chi connectivity index (χ2v) is 4.22. The van der Waals surface area contributed by atoms with Gasteiger partial charge in [0.2, 0.25) is 0 Å². The van der Waals surface area contributed by atoms with Gasteiger partial charge in [0.25, 0.3) is 0 Å². The lowest BCUT2D eigenvalue weighted by Crippen LogP contribution is -1.81. The van der Waals surface area contributed by atoms with E-state index in [-0.39, 0.29) is 0 Å². The Hall–Kier alpha value is -0.600. The highest BCUT2D eigenvalue weighted by Crippen LogP contribution is 2.01. The first-order valence-electron chi connectivity index (χ1n) is 3.55. The molecule has 0 amide bonds. The zero-order valence-corrected chi connectivity index (χ0v) is 8.02. The molecular formula is C9H9ClOS. The quantitative estimate of drug-likeness (QED) is 0.686. The third kappa shape index (κ3) is 3.69. The maximum absolute atomic E-state index is 10.5. The molecular weight excluding hydrogens is 192 g/mol. The molecule has 0 radical (unpaired) electrons. The average molecular weight is 201 g/mol. The van der Waals surface area contributed by atoms with Crippen LogP contribution in [0.25, 0.3) is 6.08 Å². The van der Waals surface area contributed by atoms with Crippen molar-refractivity contribution in [2.24, 2.45) is 0 Å². The Morgan fingerprint density at radius 3 is 2.58 bits per heavy atom. The Labute approximate surface area is 79.0 Å². The van der Waals surface area contributed by atoms with Crippen molar-refractivity contribution >= 4 is 26.8 Å². The van der Waals surface area contributed by atoms with Gasteiger partial charge in [-0.25, -0.2) is 4.21 Å². The Bertz CT molecular complexity index is 282. The van der Waals surface area contributed by atoms with Crippen LogP contribution < -0.4 is 0 Å². The lowest BCUT2D eigenvalue weighted by molar-refractivity contribution is 0.693. The number of rotatable bonds is 3. The van der Waals surface area contributed by atoms with E-state index in [1.165, 1.54) is 0 Å². The van der Waals surface area contributed by atoms with E-state index in [2.05, 4.69) is 0 Å². The monoisotopic (exact) mass is 200 g/mol. The van der Waals surface area contributed by atoms with Crippen LogP contribution in [0.2, 0.25) is 0 Å². The van der Waals surface area contributed by atoms with Gasteiger partial charge in [-0.3, -0.25) is 0 Å². The first-order chi connectivity index (χ1) is 5.79. The van der Waals surface area contributed by atoms with Crippen molar-refractivity contribution in [3.8, 4) is 0 Å². The molecule has 0 N–H and O–H groups in total. The van der Waals surface area contributed by atoms with E-state index in [1.807, 2.05) is 36.4 Å². The Balaban J connectivity index is 2.52. The standard InChI is InChI=1S/C9H9ClOS/c10-12(11)8-4-7-9-5-2-1-3-6-9/h1-7H,8H2/b7-4+. The van der Waals surface area contributed by atoms with Crippen LogP contribution in [0, 0.1) is 0 Å². The molecule has 0 fully saturated rings. The van der Waals surface area contributed by atoms with Gasteiger partial charge < -0.3 is 0 Å². The summed E-state index contributed by atoms with van der Waals surface area (Å²) in [6.45, 7) is 0. The fraction of sp³-hybridized carbons (Fsp3) is 0.111. The fourth-order valence-corrected chi connectivity index (χ4v) is 1.29. The van der Waals surface area contributed by atoms with Crippen LogP contribution in [-0.2, 0) is 10.0 Å². The summed E-state index contributed by atoms with van der Waals surface area (Å²) in [4.78, 5) is 0. The molecule has 1 atom stereocenters. The summed E-state index contributed by atoms with van der Waals surface area (Å²) in [5.74, 6) is 0.399. The highest BCUT2D eigenvalue weighted by molar-refractivity contribution is 8.08. The highest BCUT2D eigenvalue weighted by atomic mass is 35.7. The Morgan fingerprint density at radius 2 is 2.00 bits per heavy atom. The maximum Gasteiger partial charge on any atom is 0.118 e. The van der Waals surface area contributed by atoms with Gasteiger partial charge in [-0.05, 0) is 16.2 Å². The van der Waals surface area contributed by atoms with Gasteiger partial charge in [-0.1, -0.05) is 42.5 Å². The molecule has 0 spiro atoms. The fourth-order valence-electron chi connectivity index (χ4n) is 0.824. The minimum Gasteiger partial charge on any atom is -0.242 e. The zero-order chi connectivity index (χ0) is 8.81. The summed E-state index contributed by atoms with van der Waals surface area (Å²) in [5, 5.41) is 0. The van der Waals surface area contributed by atoms with Gasteiger partial charge in [0.05, 0.1) is 5.75 Å². The normalized spacial score (nSPS) is 13.4. The van der Waals surface area contributed by atoms with Gasteiger partial charge in [-0.2, -0.15) is 0 Å². The van der Waals surface area contributed by atoms with Crippen molar-refractivity contribution in [2.45, 2.75) is 0 Å². The first-order valence-corrected chi connectivity index (χ1v) is 5.70. The van der Waals surface area contributed by atoms with E-state index in [4.69, 9.17) is 10.7 Å². The molecule has 1 rings (SSSR count). The summed E-state index contributed by atoms with van der Waals surface area (Å²) in [7, 11) is 4.01. The van der Waals surface area contributed by atoms with Crippen molar-refractivity contribution in [1.82, 2.24) is 0 Å². The predicted octanol–water partition coefficient (Wildman–Crippen LogP) is 2.60. The second kappa shape index (κ2) is 5.12. The second-order valence-electron chi connectivity index (χ2n) is 2.27. The summed E-state index contributed by atoms with van der Waals surface area (Å²) < 4.78 is 10.5. The first kappa shape index (κ1) is 9.49. The highest BCUT2D eigenvalue weighted by Gasteiger charge is 1.86. The van der Waals surface area contributed by atoms with Crippen molar-refractivity contribution in [1.29, 1.82) is 0 Å². The van der Waals surface area contributed by atoms with Crippen molar-refractivity contribution in [3.05, 3.63) is 42.0 Å². The van der Waals surface area contributed by atoms with Gasteiger partial charge >= 0.3 is 0 Å². The van der Waals surface area contributed by atoms with Crippen molar-refractivity contribution < 1.29 is 4.21 Å². The molecule has 0 saturated carbocycles. The molecule has 0 aromatic heterocycles. The van der Waals surface area contributed by atoms with E-state index in [0.29, 0.717) is 5.75 Å². The molecule has 0 heterocycles. The molecule has 0 aliphatic carbocycles. The summed E-state index contributed by atoms with van der Waals surface area (Å²) >= 11 is 0. The van der Waals surface area contributed by atoms with Gasteiger partial charge in [0.15, 0.2) is 0 Å². The predicted molar refractivity (Wildman–Crippen MR) is 54.3 cm³/mol. The summed E-state index contributed by atoms with van der Waals surface area (Å²) in [6.07, 6.45) is 3.71. The van der Waals surface area contributed by atoms with Crippen LogP contribution in [0.3, 0.4) is 0 Å². The molecule has 0 saturated heterocycles. The van der Waals surface area contributed by atoms with Crippen molar-refractivity contribution in [3.63, 3.8) is 0 Å². The summed E-state index contributed by atoms with van der Waals surface area (Å²) in [5.41, 5.74) is 1.10. The van der Waals surface area contributed by atoms with Crippen LogP contribution in [-0.4, -0.2) is 9.96 Å². The molecule has 3 heteroatoms. The largest absolute Gasteiger partial charge is 0.242 e. The van der Waals surface area contributed by atoms with E-state index < -0.39 is 10.0 Å². The van der Waals surface area contributed by atoms with Gasteiger partial charge in [-0.15, -0.1) is 0 Å². The lowest BCUT2D eigenvalue weighted by atomic mass is 10.2. The number of hydrogen-bond donors (Lipinski definition) is 0. The summed E-state index contributed by atoms with van der Waals surface area (Å²) in [6, 6.07) is 9.83. The third-order valence-corrected chi connectivity index (χ3v) is 2.17. The van der Waals surface area contributed by atoms with Gasteiger partial charge in [0, 0.05) is 0 Å². The minimum absolute atomic E-state index is 0.399. The van der Waals surface area contributed by atoms with E-state index in [0.717, 1.165) is 5.56 Å². The molecule has 1 nitrogen and oxygen atoms in total. The van der Waals surface area contributed by atoms with Crippen LogP contribution >= 0.6 is 10.7 Å². The van der Waals surface area contributed by atoms with Gasteiger partial charge in [0.1, 0.15) is 10.0 Å². The molecule has 12 heavy (non-hydrogen) atoms. The van der Waals surface area contributed by atoms with Crippen LogP contribution in [0.1, 0.15) is 5.56 Å².